The monoisotopic (exact) mass is 248 g/mol. The van der Waals surface area contributed by atoms with Crippen LogP contribution in [-0.4, -0.2) is 38.1 Å². The van der Waals surface area contributed by atoms with Gasteiger partial charge in [-0.3, -0.25) is 9.36 Å². The predicted molar refractivity (Wildman–Crippen MR) is 70.8 cm³/mol. The maximum absolute atomic E-state index is 5.56. The number of aryl methyl sites for hydroxylation is 2. The summed E-state index contributed by atoms with van der Waals surface area (Å²) in [6.45, 7) is 2.85. The van der Waals surface area contributed by atoms with Crippen LogP contribution in [0.3, 0.4) is 0 Å². The summed E-state index contributed by atoms with van der Waals surface area (Å²) in [4.78, 5) is 2.28. The molecule has 18 heavy (non-hydrogen) atoms. The molecule has 0 bridgehead atoms. The Kier molecular flexibility index (Phi) is 3.99. The molecule has 0 aliphatic heterocycles. The molecule has 0 saturated heterocycles. The van der Waals surface area contributed by atoms with E-state index in [1.54, 1.807) is 0 Å². The van der Waals surface area contributed by atoms with Crippen molar-refractivity contribution in [2.24, 2.45) is 7.05 Å². The van der Waals surface area contributed by atoms with Gasteiger partial charge >= 0.3 is 0 Å². The molecule has 0 fully saturated rings. The number of anilines is 1. The van der Waals surface area contributed by atoms with Crippen LogP contribution in [0.5, 0.6) is 0 Å². The molecule has 0 aromatic carbocycles. The van der Waals surface area contributed by atoms with Crippen molar-refractivity contribution in [3.05, 3.63) is 30.2 Å². The zero-order chi connectivity index (χ0) is 13.0. The van der Waals surface area contributed by atoms with E-state index in [9.17, 15) is 0 Å². The van der Waals surface area contributed by atoms with Crippen molar-refractivity contribution in [1.29, 1.82) is 0 Å². The minimum Gasteiger partial charge on any atom is -0.382 e. The third kappa shape index (κ3) is 3.59. The lowest BCUT2D eigenvalue weighted by molar-refractivity contribution is 0.311. The van der Waals surface area contributed by atoms with Crippen molar-refractivity contribution in [3.63, 3.8) is 0 Å². The van der Waals surface area contributed by atoms with Gasteiger partial charge in [0.05, 0.1) is 6.20 Å². The molecule has 0 unspecified atom stereocenters. The Bertz CT molecular complexity index is 486. The summed E-state index contributed by atoms with van der Waals surface area (Å²) in [7, 11) is 4.05. The zero-order valence-corrected chi connectivity index (χ0v) is 11.0. The highest BCUT2D eigenvalue weighted by Gasteiger charge is 2.02. The fraction of sp³-hybridized carbons (Fsp3) is 0.500. The molecule has 2 N–H and O–H groups in total. The van der Waals surface area contributed by atoms with E-state index >= 15 is 0 Å². The number of rotatable bonds is 6. The standard InChI is InChI=1S/C12H20N6/c1-16(9-11-8-14-17(2)10-11)5-3-6-18-7-4-12(13)15-18/h4,7-8,10H,3,5-6,9H2,1-2H3,(H2,13,15). The van der Waals surface area contributed by atoms with E-state index in [1.165, 1.54) is 5.56 Å². The van der Waals surface area contributed by atoms with Gasteiger partial charge in [-0.2, -0.15) is 10.2 Å². The highest BCUT2D eigenvalue weighted by atomic mass is 15.3. The molecular weight excluding hydrogens is 228 g/mol. The fourth-order valence-electron chi connectivity index (χ4n) is 1.95. The summed E-state index contributed by atoms with van der Waals surface area (Å²) in [5.41, 5.74) is 6.80. The lowest BCUT2D eigenvalue weighted by atomic mass is 10.3. The summed E-state index contributed by atoms with van der Waals surface area (Å²) in [5, 5.41) is 8.32. The minimum atomic E-state index is 0.582. The number of hydrogen-bond acceptors (Lipinski definition) is 4. The van der Waals surface area contributed by atoms with Crippen LogP contribution in [0, 0.1) is 0 Å². The second-order valence-electron chi connectivity index (χ2n) is 4.62. The first kappa shape index (κ1) is 12.6. The number of nitrogens with zero attached hydrogens (tertiary/aromatic N) is 5. The SMILES string of the molecule is CN(CCCn1ccc(N)n1)Cc1cnn(C)c1. The van der Waals surface area contributed by atoms with Gasteiger partial charge in [-0.15, -0.1) is 0 Å². The van der Waals surface area contributed by atoms with Gasteiger partial charge in [0.1, 0.15) is 5.82 Å². The van der Waals surface area contributed by atoms with Gasteiger partial charge in [0.15, 0.2) is 0 Å². The number of nitrogen functional groups attached to an aromatic ring is 1. The molecule has 0 atom stereocenters. The fourth-order valence-corrected chi connectivity index (χ4v) is 1.95. The van der Waals surface area contributed by atoms with Crippen LogP contribution in [0.1, 0.15) is 12.0 Å². The van der Waals surface area contributed by atoms with Crippen LogP contribution in [0.2, 0.25) is 0 Å². The van der Waals surface area contributed by atoms with Crippen molar-refractivity contribution >= 4 is 5.82 Å². The Morgan fingerprint density at radius 2 is 2.28 bits per heavy atom. The molecule has 2 heterocycles. The van der Waals surface area contributed by atoms with Crippen LogP contribution in [0.25, 0.3) is 0 Å². The molecule has 0 aliphatic carbocycles. The lowest BCUT2D eigenvalue weighted by Crippen LogP contribution is -2.20. The van der Waals surface area contributed by atoms with Gasteiger partial charge in [0.2, 0.25) is 0 Å². The van der Waals surface area contributed by atoms with Crippen LogP contribution >= 0.6 is 0 Å². The summed E-state index contributed by atoms with van der Waals surface area (Å²) in [6, 6.07) is 1.82. The molecule has 0 amide bonds. The van der Waals surface area contributed by atoms with Gasteiger partial charge in [0, 0.05) is 38.1 Å². The average molecular weight is 248 g/mol. The molecular formula is C12H20N6. The van der Waals surface area contributed by atoms with Crippen LogP contribution in [-0.2, 0) is 20.1 Å². The molecule has 98 valence electrons. The Morgan fingerprint density at radius 3 is 2.89 bits per heavy atom. The first-order chi connectivity index (χ1) is 8.63. The highest BCUT2D eigenvalue weighted by Crippen LogP contribution is 2.03. The molecule has 6 nitrogen and oxygen atoms in total. The van der Waals surface area contributed by atoms with Gasteiger partial charge in [-0.05, 0) is 26.1 Å². The van der Waals surface area contributed by atoms with E-state index in [-0.39, 0.29) is 0 Å². The molecule has 0 spiro atoms. The van der Waals surface area contributed by atoms with Crippen LogP contribution < -0.4 is 5.73 Å². The Hall–Kier alpha value is -1.82. The van der Waals surface area contributed by atoms with E-state index in [0.29, 0.717) is 5.82 Å². The maximum atomic E-state index is 5.56. The van der Waals surface area contributed by atoms with Gasteiger partial charge in [0.25, 0.3) is 0 Å². The largest absolute Gasteiger partial charge is 0.382 e. The summed E-state index contributed by atoms with van der Waals surface area (Å²) in [6.07, 6.45) is 6.92. The average Bonchev–Trinajstić information content (AvgIpc) is 2.88. The Labute approximate surface area is 107 Å². The zero-order valence-electron chi connectivity index (χ0n) is 11.0. The number of nitrogens with two attached hydrogens (primary N) is 1. The molecule has 0 aliphatic rings. The topological polar surface area (TPSA) is 64.9 Å². The predicted octanol–water partition coefficient (Wildman–Crippen LogP) is 0.721. The Morgan fingerprint density at radius 1 is 1.44 bits per heavy atom. The van der Waals surface area contributed by atoms with E-state index in [4.69, 9.17) is 5.73 Å². The van der Waals surface area contributed by atoms with Crippen LogP contribution in [0.4, 0.5) is 5.82 Å². The van der Waals surface area contributed by atoms with E-state index in [0.717, 1.165) is 26.1 Å². The second kappa shape index (κ2) is 5.68. The molecule has 6 heteroatoms. The van der Waals surface area contributed by atoms with Crippen molar-refractivity contribution in [2.45, 2.75) is 19.5 Å². The number of aromatic nitrogens is 4. The van der Waals surface area contributed by atoms with Gasteiger partial charge < -0.3 is 10.6 Å². The highest BCUT2D eigenvalue weighted by molar-refractivity contribution is 5.23. The van der Waals surface area contributed by atoms with E-state index < -0.39 is 0 Å². The molecule has 2 rings (SSSR count). The van der Waals surface area contributed by atoms with Crippen molar-refractivity contribution in [3.8, 4) is 0 Å². The molecule has 0 saturated carbocycles. The Balaban J connectivity index is 1.70. The third-order valence-corrected chi connectivity index (χ3v) is 2.80. The summed E-state index contributed by atoms with van der Waals surface area (Å²) in [5.74, 6) is 0.582. The maximum Gasteiger partial charge on any atom is 0.145 e. The first-order valence-corrected chi connectivity index (χ1v) is 6.08. The normalized spacial score (nSPS) is 11.3. The van der Waals surface area contributed by atoms with Gasteiger partial charge in [-0.1, -0.05) is 0 Å². The summed E-state index contributed by atoms with van der Waals surface area (Å²) >= 11 is 0. The van der Waals surface area contributed by atoms with Crippen LogP contribution in [0.15, 0.2) is 24.7 Å². The van der Waals surface area contributed by atoms with Crippen molar-refractivity contribution < 1.29 is 0 Å². The molecule has 2 aromatic heterocycles. The van der Waals surface area contributed by atoms with E-state index in [1.807, 2.05) is 41.1 Å². The first-order valence-electron chi connectivity index (χ1n) is 6.08. The van der Waals surface area contributed by atoms with Crippen molar-refractivity contribution in [1.82, 2.24) is 24.5 Å². The minimum absolute atomic E-state index is 0.582. The third-order valence-electron chi connectivity index (χ3n) is 2.80. The van der Waals surface area contributed by atoms with E-state index in [2.05, 4.69) is 22.1 Å². The second-order valence-corrected chi connectivity index (χ2v) is 4.62. The molecule has 2 aromatic rings. The quantitative estimate of drug-likeness (QED) is 0.818. The lowest BCUT2D eigenvalue weighted by Gasteiger charge is -2.15. The number of hydrogen-bond donors (Lipinski definition) is 1. The molecule has 0 radical (unpaired) electrons. The smallest absolute Gasteiger partial charge is 0.145 e. The summed E-state index contributed by atoms with van der Waals surface area (Å²) < 4.78 is 3.71. The van der Waals surface area contributed by atoms with Gasteiger partial charge in [-0.25, -0.2) is 0 Å². The van der Waals surface area contributed by atoms with Crippen molar-refractivity contribution in [2.75, 3.05) is 19.3 Å².